The number of alkyl halides is 1. The molecule has 9 nitrogen and oxygen atoms in total. The summed E-state index contributed by atoms with van der Waals surface area (Å²) in [4.78, 5) is 24.8. The number of amides is 1. The number of hydrogen-bond donors (Lipinski definition) is 1. The molecule has 34 heavy (non-hydrogen) atoms. The van der Waals surface area contributed by atoms with E-state index in [0.29, 0.717) is 13.0 Å². The smallest absolute Gasteiger partial charge is 0.269 e. The SMILES string of the molecule is Cn1c([C@@H]2[C@@H](NS(=O)(=O)c3ccc([N+](=O)[O-])cc3)CCCCN2C(=O)CCl)cc2ccccc21. The van der Waals surface area contributed by atoms with Gasteiger partial charge in [-0.1, -0.05) is 24.6 Å². The zero-order chi connectivity index (χ0) is 24.5. The van der Waals surface area contributed by atoms with Crippen molar-refractivity contribution in [1.29, 1.82) is 0 Å². The average molecular weight is 505 g/mol. The molecule has 1 saturated heterocycles. The number of hydrogen-bond acceptors (Lipinski definition) is 5. The lowest BCUT2D eigenvalue weighted by Gasteiger charge is -2.35. The van der Waals surface area contributed by atoms with Crippen LogP contribution in [-0.4, -0.2) is 47.2 Å². The van der Waals surface area contributed by atoms with Gasteiger partial charge in [-0.3, -0.25) is 14.9 Å². The van der Waals surface area contributed by atoms with Gasteiger partial charge < -0.3 is 9.47 Å². The fourth-order valence-electron chi connectivity index (χ4n) is 4.61. The molecule has 4 rings (SSSR count). The van der Waals surface area contributed by atoms with E-state index in [1.54, 1.807) is 4.90 Å². The number of nitro benzene ring substituents is 1. The lowest BCUT2D eigenvalue weighted by molar-refractivity contribution is -0.384. The molecule has 1 aliphatic heterocycles. The first-order valence-electron chi connectivity index (χ1n) is 10.9. The molecule has 2 atom stereocenters. The summed E-state index contributed by atoms with van der Waals surface area (Å²) >= 11 is 5.94. The van der Waals surface area contributed by atoms with Gasteiger partial charge in [0.05, 0.1) is 15.9 Å². The Morgan fingerprint density at radius 2 is 1.88 bits per heavy atom. The van der Waals surface area contributed by atoms with Crippen molar-refractivity contribution in [3.05, 3.63) is 70.4 Å². The van der Waals surface area contributed by atoms with Crippen LogP contribution in [0, 0.1) is 10.1 Å². The number of carbonyl (C=O) groups is 1. The fraction of sp³-hybridized carbons (Fsp3) is 0.348. The van der Waals surface area contributed by atoms with E-state index in [0.717, 1.165) is 41.6 Å². The molecule has 0 bridgehead atoms. The Kier molecular flexibility index (Phi) is 6.92. The third kappa shape index (κ3) is 4.66. The van der Waals surface area contributed by atoms with Crippen LogP contribution < -0.4 is 4.72 Å². The number of likely N-dealkylation sites (tertiary alicyclic amines) is 1. The molecule has 2 aromatic carbocycles. The standard InChI is InChI=1S/C23H25ClN4O5S/c1-26-20-8-3-2-6-16(20)14-21(26)23-19(7-4-5-13-27(23)22(29)15-24)25-34(32,33)18-11-9-17(10-12-18)28(30)31/h2-3,6,8-12,14,19,23,25H,4-5,7,13,15H2,1H3/t19-,23-/m0/s1. The summed E-state index contributed by atoms with van der Waals surface area (Å²) in [6.45, 7) is 0.466. The number of fused-ring (bicyclic) bond motifs is 1. The molecule has 0 radical (unpaired) electrons. The van der Waals surface area contributed by atoms with E-state index in [1.165, 1.54) is 12.1 Å². The monoisotopic (exact) mass is 504 g/mol. The molecule has 180 valence electrons. The van der Waals surface area contributed by atoms with E-state index >= 15 is 0 Å². The van der Waals surface area contributed by atoms with E-state index in [2.05, 4.69) is 4.72 Å². The largest absolute Gasteiger partial charge is 0.346 e. The minimum absolute atomic E-state index is 0.0756. The Labute approximate surface area is 202 Å². The highest BCUT2D eigenvalue weighted by Crippen LogP contribution is 2.35. The van der Waals surface area contributed by atoms with Crippen LogP contribution in [-0.2, 0) is 21.9 Å². The van der Waals surface area contributed by atoms with Crippen molar-refractivity contribution in [2.24, 2.45) is 7.05 Å². The predicted octanol–water partition coefficient (Wildman–Crippen LogP) is 3.73. The van der Waals surface area contributed by atoms with Crippen molar-refractivity contribution in [3.8, 4) is 0 Å². The summed E-state index contributed by atoms with van der Waals surface area (Å²) < 4.78 is 31.3. The van der Waals surface area contributed by atoms with Gasteiger partial charge in [0.2, 0.25) is 15.9 Å². The number of non-ortho nitro benzene ring substituents is 1. The molecule has 0 unspecified atom stereocenters. The third-order valence-corrected chi connectivity index (χ3v) is 8.01. The molecule has 1 aromatic heterocycles. The van der Waals surface area contributed by atoms with Gasteiger partial charge in [0.15, 0.2) is 0 Å². The maximum atomic E-state index is 13.3. The molecule has 3 aromatic rings. The van der Waals surface area contributed by atoms with Crippen molar-refractivity contribution in [3.63, 3.8) is 0 Å². The average Bonchev–Trinajstić information content (AvgIpc) is 3.02. The quantitative estimate of drug-likeness (QED) is 0.312. The first-order valence-corrected chi connectivity index (χ1v) is 12.9. The number of aromatic nitrogens is 1. The molecule has 11 heteroatoms. The van der Waals surface area contributed by atoms with E-state index in [1.807, 2.05) is 41.9 Å². The van der Waals surface area contributed by atoms with Crippen LogP contribution in [0.2, 0.25) is 0 Å². The molecule has 2 heterocycles. The number of benzene rings is 2. The molecular weight excluding hydrogens is 480 g/mol. The van der Waals surface area contributed by atoms with Gasteiger partial charge in [0.1, 0.15) is 5.88 Å². The summed E-state index contributed by atoms with van der Waals surface area (Å²) in [7, 11) is -2.11. The number of carbonyl (C=O) groups excluding carboxylic acids is 1. The second-order valence-corrected chi connectivity index (χ2v) is 10.3. The molecule has 0 spiro atoms. The number of halogens is 1. The molecule has 1 fully saturated rings. The van der Waals surface area contributed by atoms with E-state index in [-0.39, 0.29) is 22.4 Å². The van der Waals surface area contributed by atoms with Gasteiger partial charge in [-0.15, -0.1) is 11.6 Å². The maximum Gasteiger partial charge on any atom is 0.269 e. The number of nitrogens with zero attached hydrogens (tertiary/aromatic N) is 3. The number of nitro groups is 1. The van der Waals surface area contributed by atoms with E-state index in [9.17, 15) is 23.3 Å². The Balaban J connectivity index is 1.77. The summed E-state index contributed by atoms with van der Waals surface area (Å²) in [6, 6.07) is 13.3. The highest BCUT2D eigenvalue weighted by molar-refractivity contribution is 7.89. The van der Waals surface area contributed by atoms with Crippen LogP contribution in [0.1, 0.15) is 31.0 Å². The topological polar surface area (TPSA) is 115 Å². The first-order chi connectivity index (χ1) is 16.2. The fourth-order valence-corrected chi connectivity index (χ4v) is 6.04. The van der Waals surface area contributed by atoms with Crippen LogP contribution in [0.25, 0.3) is 10.9 Å². The van der Waals surface area contributed by atoms with Crippen LogP contribution in [0.4, 0.5) is 5.69 Å². The number of para-hydroxylation sites is 1. The minimum atomic E-state index is -4.01. The summed E-state index contributed by atoms with van der Waals surface area (Å²) in [5.41, 5.74) is 1.58. The highest BCUT2D eigenvalue weighted by Gasteiger charge is 2.38. The molecular formula is C23H25ClN4O5S. The van der Waals surface area contributed by atoms with Crippen LogP contribution in [0.3, 0.4) is 0 Å². The second kappa shape index (κ2) is 9.73. The van der Waals surface area contributed by atoms with E-state index in [4.69, 9.17) is 11.6 Å². The van der Waals surface area contributed by atoms with Crippen molar-refractivity contribution in [1.82, 2.24) is 14.2 Å². The number of nitrogens with one attached hydrogen (secondary N) is 1. The number of aryl methyl sites for hydroxylation is 1. The van der Waals surface area contributed by atoms with E-state index < -0.39 is 27.0 Å². The molecule has 1 N–H and O–H groups in total. The van der Waals surface area contributed by atoms with Crippen LogP contribution in [0.5, 0.6) is 0 Å². The van der Waals surface area contributed by atoms with Crippen molar-refractivity contribution >= 4 is 44.1 Å². The first kappa shape index (κ1) is 24.2. The van der Waals surface area contributed by atoms with Gasteiger partial charge >= 0.3 is 0 Å². The van der Waals surface area contributed by atoms with Crippen molar-refractivity contribution in [2.45, 2.75) is 36.2 Å². The van der Waals surface area contributed by atoms with Gasteiger partial charge in [-0.05, 0) is 42.5 Å². The Morgan fingerprint density at radius 3 is 2.53 bits per heavy atom. The minimum Gasteiger partial charge on any atom is -0.346 e. The molecule has 1 amide bonds. The van der Waals surface area contributed by atoms with Crippen molar-refractivity contribution < 1.29 is 18.1 Å². The second-order valence-electron chi connectivity index (χ2n) is 8.33. The zero-order valence-corrected chi connectivity index (χ0v) is 20.1. The number of rotatable bonds is 6. The Hall–Kier alpha value is -2.95. The summed E-state index contributed by atoms with van der Waals surface area (Å²) in [5.74, 6) is -0.471. The third-order valence-electron chi connectivity index (χ3n) is 6.27. The van der Waals surface area contributed by atoms with Crippen LogP contribution in [0.15, 0.2) is 59.5 Å². The Bertz CT molecular complexity index is 1320. The molecule has 0 aliphatic carbocycles. The Morgan fingerprint density at radius 1 is 1.18 bits per heavy atom. The van der Waals surface area contributed by atoms with Gasteiger partial charge in [-0.25, -0.2) is 13.1 Å². The summed E-state index contributed by atoms with van der Waals surface area (Å²) in [5, 5.41) is 11.9. The maximum absolute atomic E-state index is 13.3. The lowest BCUT2D eigenvalue weighted by atomic mass is 10.0. The predicted molar refractivity (Wildman–Crippen MR) is 129 cm³/mol. The number of sulfonamides is 1. The molecule has 0 saturated carbocycles. The van der Waals surface area contributed by atoms with Crippen LogP contribution >= 0.6 is 11.6 Å². The molecule has 1 aliphatic rings. The van der Waals surface area contributed by atoms with Gasteiger partial charge in [-0.2, -0.15) is 0 Å². The van der Waals surface area contributed by atoms with Gasteiger partial charge in [0, 0.05) is 43.0 Å². The summed E-state index contributed by atoms with van der Waals surface area (Å²) in [6.07, 6.45) is 1.96. The lowest BCUT2D eigenvalue weighted by Crippen LogP contribution is -2.48. The normalized spacial score (nSPS) is 19.2. The van der Waals surface area contributed by atoms with Gasteiger partial charge in [0.25, 0.3) is 5.69 Å². The highest BCUT2D eigenvalue weighted by atomic mass is 35.5. The van der Waals surface area contributed by atoms with Crippen molar-refractivity contribution in [2.75, 3.05) is 12.4 Å². The zero-order valence-electron chi connectivity index (χ0n) is 18.6.